The third-order valence-electron chi connectivity index (χ3n) is 5.55. The molecule has 1 aliphatic rings. The maximum absolute atomic E-state index is 12.6. The molecular formula is C23H25N3O3. The standard InChI is InChI=1S/C23H25N3O3/c27-22(13-18-12-17-8-4-5-9-20(17)24-18)25-21-10-11-26(15-19(21)23(28)29)14-16-6-2-1-3-7-16/h1-9,12,19,21,24H,10-11,13-15H2,(H,25,27)(H,28,29). The molecule has 4 rings (SSSR count). The van der Waals surface area contributed by atoms with Gasteiger partial charge in [0.2, 0.25) is 5.91 Å². The van der Waals surface area contributed by atoms with E-state index in [0.717, 1.165) is 35.2 Å². The number of aromatic nitrogens is 1. The number of piperidine rings is 1. The highest BCUT2D eigenvalue weighted by atomic mass is 16.4. The van der Waals surface area contributed by atoms with Crippen molar-refractivity contribution in [2.45, 2.75) is 25.4 Å². The van der Waals surface area contributed by atoms with Gasteiger partial charge in [-0.05, 0) is 29.5 Å². The fourth-order valence-electron chi connectivity index (χ4n) is 4.09. The van der Waals surface area contributed by atoms with Gasteiger partial charge in [0.05, 0.1) is 12.3 Å². The van der Waals surface area contributed by atoms with Crippen molar-refractivity contribution in [3.05, 3.63) is 71.9 Å². The minimum absolute atomic E-state index is 0.149. The molecule has 3 N–H and O–H groups in total. The molecule has 6 heteroatoms. The number of aliphatic carboxylic acids is 1. The van der Waals surface area contributed by atoms with Crippen LogP contribution in [-0.2, 0) is 22.6 Å². The fraction of sp³-hybridized carbons (Fsp3) is 0.304. The predicted octanol–water partition coefficient (Wildman–Crippen LogP) is 2.80. The Balaban J connectivity index is 1.37. The third kappa shape index (κ3) is 4.66. The lowest BCUT2D eigenvalue weighted by atomic mass is 9.91. The van der Waals surface area contributed by atoms with Crippen LogP contribution in [0.4, 0.5) is 0 Å². The van der Waals surface area contributed by atoms with Crippen LogP contribution < -0.4 is 5.32 Å². The molecule has 0 radical (unpaired) electrons. The number of amides is 1. The van der Waals surface area contributed by atoms with Crippen LogP contribution in [0.15, 0.2) is 60.7 Å². The molecule has 1 saturated heterocycles. The van der Waals surface area contributed by atoms with E-state index >= 15 is 0 Å². The fourth-order valence-corrected chi connectivity index (χ4v) is 4.09. The first-order valence-electron chi connectivity index (χ1n) is 9.93. The summed E-state index contributed by atoms with van der Waals surface area (Å²) in [5.41, 5.74) is 2.99. The van der Waals surface area contributed by atoms with Gasteiger partial charge in [-0.15, -0.1) is 0 Å². The molecule has 2 atom stereocenters. The van der Waals surface area contributed by atoms with Gasteiger partial charge in [-0.1, -0.05) is 48.5 Å². The van der Waals surface area contributed by atoms with Gasteiger partial charge in [-0.25, -0.2) is 0 Å². The molecule has 2 aromatic carbocycles. The normalized spacial score (nSPS) is 19.9. The summed E-state index contributed by atoms with van der Waals surface area (Å²) >= 11 is 0. The number of carboxylic acids is 1. The summed E-state index contributed by atoms with van der Waals surface area (Å²) in [7, 11) is 0. The summed E-state index contributed by atoms with van der Waals surface area (Å²) in [5.74, 6) is -1.62. The average Bonchev–Trinajstić information content (AvgIpc) is 3.12. The number of rotatable bonds is 6. The van der Waals surface area contributed by atoms with E-state index in [2.05, 4.69) is 15.2 Å². The first kappa shape index (κ1) is 19.2. The molecular weight excluding hydrogens is 366 g/mol. The molecule has 0 spiro atoms. The van der Waals surface area contributed by atoms with Crippen molar-refractivity contribution in [1.82, 2.24) is 15.2 Å². The molecule has 0 bridgehead atoms. The molecule has 1 aromatic heterocycles. The number of nitrogens with zero attached hydrogens (tertiary/aromatic N) is 1. The van der Waals surface area contributed by atoms with Crippen LogP contribution >= 0.6 is 0 Å². The Labute approximate surface area is 169 Å². The zero-order chi connectivity index (χ0) is 20.2. The van der Waals surface area contributed by atoms with E-state index in [1.165, 1.54) is 0 Å². The average molecular weight is 391 g/mol. The van der Waals surface area contributed by atoms with Gasteiger partial charge in [0, 0.05) is 36.9 Å². The maximum Gasteiger partial charge on any atom is 0.309 e. The number of para-hydroxylation sites is 1. The number of H-pyrrole nitrogens is 1. The van der Waals surface area contributed by atoms with Crippen molar-refractivity contribution >= 4 is 22.8 Å². The first-order chi connectivity index (χ1) is 14.1. The van der Waals surface area contributed by atoms with Gasteiger partial charge in [0.1, 0.15) is 0 Å². The molecule has 150 valence electrons. The Morgan fingerprint density at radius 1 is 1.10 bits per heavy atom. The van der Waals surface area contributed by atoms with Crippen LogP contribution in [0.2, 0.25) is 0 Å². The molecule has 0 saturated carbocycles. The summed E-state index contributed by atoms with van der Waals surface area (Å²) in [6.45, 7) is 1.91. The number of fused-ring (bicyclic) bond motifs is 1. The lowest BCUT2D eigenvalue weighted by molar-refractivity contribution is -0.145. The van der Waals surface area contributed by atoms with Crippen LogP contribution in [0.5, 0.6) is 0 Å². The minimum atomic E-state index is -0.862. The van der Waals surface area contributed by atoms with Gasteiger partial charge in [-0.3, -0.25) is 14.5 Å². The van der Waals surface area contributed by atoms with Crippen molar-refractivity contribution in [3.63, 3.8) is 0 Å². The number of benzene rings is 2. The highest BCUT2D eigenvalue weighted by Gasteiger charge is 2.35. The molecule has 1 amide bonds. The summed E-state index contributed by atoms with van der Waals surface area (Å²) in [5, 5.41) is 13.7. The van der Waals surface area contributed by atoms with E-state index in [1.54, 1.807) is 0 Å². The van der Waals surface area contributed by atoms with E-state index in [0.29, 0.717) is 13.0 Å². The maximum atomic E-state index is 12.6. The second kappa shape index (κ2) is 8.49. The van der Waals surface area contributed by atoms with Gasteiger partial charge in [0.15, 0.2) is 0 Å². The summed E-state index contributed by atoms with van der Waals surface area (Å²) in [6.07, 6.45) is 0.841. The van der Waals surface area contributed by atoms with Crippen molar-refractivity contribution < 1.29 is 14.7 Å². The Hall–Kier alpha value is -3.12. The highest BCUT2D eigenvalue weighted by molar-refractivity contribution is 5.84. The van der Waals surface area contributed by atoms with Crippen LogP contribution in [0.3, 0.4) is 0 Å². The Morgan fingerprint density at radius 3 is 2.62 bits per heavy atom. The number of aromatic amines is 1. The summed E-state index contributed by atoms with van der Waals surface area (Å²) < 4.78 is 0. The number of nitrogens with one attached hydrogen (secondary N) is 2. The van der Waals surface area contributed by atoms with E-state index in [-0.39, 0.29) is 18.4 Å². The van der Waals surface area contributed by atoms with E-state index in [9.17, 15) is 14.7 Å². The van der Waals surface area contributed by atoms with Gasteiger partial charge in [0.25, 0.3) is 0 Å². The summed E-state index contributed by atoms with van der Waals surface area (Å²) in [4.78, 5) is 29.8. The topological polar surface area (TPSA) is 85.4 Å². The quantitative estimate of drug-likeness (QED) is 0.603. The smallest absolute Gasteiger partial charge is 0.309 e. The van der Waals surface area contributed by atoms with E-state index in [4.69, 9.17) is 0 Å². The molecule has 6 nitrogen and oxygen atoms in total. The Bertz CT molecular complexity index is 966. The first-order valence-corrected chi connectivity index (χ1v) is 9.93. The van der Waals surface area contributed by atoms with Crippen LogP contribution in [0.25, 0.3) is 10.9 Å². The van der Waals surface area contributed by atoms with Gasteiger partial charge >= 0.3 is 5.97 Å². The van der Waals surface area contributed by atoms with Crippen molar-refractivity contribution in [2.24, 2.45) is 5.92 Å². The van der Waals surface area contributed by atoms with Gasteiger partial charge in [-0.2, -0.15) is 0 Å². The SMILES string of the molecule is O=C(Cc1cc2ccccc2[nH]1)NC1CCN(Cc2ccccc2)CC1C(=O)O. The zero-order valence-electron chi connectivity index (χ0n) is 16.2. The van der Waals surface area contributed by atoms with E-state index in [1.807, 2.05) is 60.7 Å². The van der Waals surface area contributed by atoms with Crippen molar-refractivity contribution in [2.75, 3.05) is 13.1 Å². The van der Waals surface area contributed by atoms with Gasteiger partial charge < -0.3 is 15.4 Å². The molecule has 29 heavy (non-hydrogen) atoms. The van der Waals surface area contributed by atoms with Crippen molar-refractivity contribution in [3.8, 4) is 0 Å². The number of carbonyl (C=O) groups excluding carboxylic acids is 1. The summed E-state index contributed by atoms with van der Waals surface area (Å²) in [6, 6.07) is 19.5. The Morgan fingerprint density at radius 2 is 1.86 bits per heavy atom. The second-order valence-corrected chi connectivity index (χ2v) is 7.69. The molecule has 1 fully saturated rings. The van der Waals surface area contributed by atoms with Crippen molar-refractivity contribution in [1.29, 1.82) is 0 Å². The molecule has 2 unspecified atom stereocenters. The van der Waals surface area contributed by atoms with Crippen LogP contribution in [0, 0.1) is 5.92 Å². The Kier molecular flexibility index (Phi) is 5.62. The molecule has 0 aliphatic carbocycles. The van der Waals surface area contributed by atoms with E-state index < -0.39 is 11.9 Å². The largest absolute Gasteiger partial charge is 0.481 e. The lowest BCUT2D eigenvalue weighted by Crippen LogP contribution is -2.53. The zero-order valence-corrected chi connectivity index (χ0v) is 16.2. The molecule has 1 aliphatic heterocycles. The highest BCUT2D eigenvalue weighted by Crippen LogP contribution is 2.20. The number of likely N-dealkylation sites (tertiary alicyclic amines) is 1. The number of hydrogen-bond acceptors (Lipinski definition) is 3. The molecule has 3 aromatic rings. The molecule has 2 heterocycles. The number of carboxylic acid groups (broad SMARTS) is 1. The minimum Gasteiger partial charge on any atom is -0.481 e. The second-order valence-electron chi connectivity index (χ2n) is 7.69. The van der Waals surface area contributed by atoms with Crippen LogP contribution in [-0.4, -0.2) is 46.0 Å². The number of hydrogen-bond donors (Lipinski definition) is 3. The van der Waals surface area contributed by atoms with Crippen LogP contribution in [0.1, 0.15) is 17.7 Å². The predicted molar refractivity (Wildman–Crippen MR) is 111 cm³/mol. The third-order valence-corrected chi connectivity index (χ3v) is 5.55. The lowest BCUT2D eigenvalue weighted by Gasteiger charge is -2.36. The number of carbonyl (C=O) groups is 2. The monoisotopic (exact) mass is 391 g/mol.